The third-order valence-electron chi connectivity index (χ3n) is 2.70. The van der Waals surface area contributed by atoms with Gasteiger partial charge in [-0.15, -0.1) is 0 Å². The SMILES string of the molecule is COC(OC)C(C)NC(=O)c1ccc(C)nc1C. The molecule has 0 fully saturated rings. The van der Waals surface area contributed by atoms with Gasteiger partial charge in [0.1, 0.15) is 0 Å². The summed E-state index contributed by atoms with van der Waals surface area (Å²) >= 11 is 0. The van der Waals surface area contributed by atoms with Crippen LogP contribution in [0.25, 0.3) is 0 Å². The van der Waals surface area contributed by atoms with Gasteiger partial charge in [-0.25, -0.2) is 0 Å². The number of methoxy groups -OCH3 is 2. The van der Waals surface area contributed by atoms with E-state index in [-0.39, 0.29) is 11.9 Å². The molecule has 1 heterocycles. The minimum Gasteiger partial charge on any atom is -0.354 e. The summed E-state index contributed by atoms with van der Waals surface area (Å²) in [6, 6.07) is 3.35. The van der Waals surface area contributed by atoms with Gasteiger partial charge in [0.25, 0.3) is 5.91 Å². The van der Waals surface area contributed by atoms with Crippen molar-refractivity contribution in [3.63, 3.8) is 0 Å². The van der Waals surface area contributed by atoms with Crippen molar-refractivity contribution < 1.29 is 14.3 Å². The summed E-state index contributed by atoms with van der Waals surface area (Å²) in [5, 5.41) is 2.83. The van der Waals surface area contributed by atoms with Gasteiger partial charge in [-0.2, -0.15) is 0 Å². The standard InChI is InChI=1S/C13H20N2O3/c1-8-6-7-11(9(2)14-8)12(16)15-10(3)13(17-4)18-5/h6-7,10,13H,1-5H3,(H,15,16). The molecule has 1 aromatic heterocycles. The van der Waals surface area contributed by atoms with Gasteiger partial charge in [-0.3, -0.25) is 9.78 Å². The second-order valence-corrected chi connectivity index (χ2v) is 4.19. The fraction of sp³-hybridized carbons (Fsp3) is 0.538. The molecule has 0 aromatic carbocycles. The highest BCUT2D eigenvalue weighted by atomic mass is 16.7. The molecule has 5 heteroatoms. The van der Waals surface area contributed by atoms with Crippen molar-refractivity contribution in [3.05, 3.63) is 29.1 Å². The number of amides is 1. The van der Waals surface area contributed by atoms with E-state index in [0.29, 0.717) is 11.3 Å². The van der Waals surface area contributed by atoms with Crippen LogP contribution in [0.5, 0.6) is 0 Å². The van der Waals surface area contributed by atoms with Crippen LogP contribution in [0.1, 0.15) is 28.7 Å². The summed E-state index contributed by atoms with van der Waals surface area (Å²) in [6.07, 6.45) is -0.465. The Morgan fingerprint density at radius 3 is 2.39 bits per heavy atom. The maximum atomic E-state index is 12.1. The van der Waals surface area contributed by atoms with Crippen LogP contribution in [0.2, 0.25) is 0 Å². The lowest BCUT2D eigenvalue weighted by atomic mass is 10.1. The molecule has 1 N–H and O–H groups in total. The Balaban J connectivity index is 2.76. The number of hydrogen-bond donors (Lipinski definition) is 1. The molecule has 100 valence electrons. The molecular weight excluding hydrogens is 232 g/mol. The summed E-state index contributed by atoms with van der Waals surface area (Å²) in [4.78, 5) is 16.3. The molecule has 1 atom stereocenters. The molecule has 0 bridgehead atoms. The fourth-order valence-corrected chi connectivity index (χ4v) is 1.78. The van der Waals surface area contributed by atoms with Gasteiger partial charge in [0.15, 0.2) is 6.29 Å². The molecule has 18 heavy (non-hydrogen) atoms. The summed E-state index contributed by atoms with van der Waals surface area (Å²) in [7, 11) is 3.07. The average Bonchev–Trinajstić information content (AvgIpc) is 2.30. The van der Waals surface area contributed by atoms with Gasteiger partial charge in [0.05, 0.1) is 17.3 Å². The number of nitrogens with one attached hydrogen (secondary N) is 1. The van der Waals surface area contributed by atoms with Gasteiger partial charge in [0, 0.05) is 19.9 Å². The van der Waals surface area contributed by atoms with E-state index >= 15 is 0 Å². The first kappa shape index (κ1) is 14.6. The number of aromatic nitrogens is 1. The first-order valence-electron chi connectivity index (χ1n) is 5.80. The van der Waals surface area contributed by atoms with E-state index in [4.69, 9.17) is 9.47 Å². The van der Waals surface area contributed by atoms with Crippen molar-refractivity contribution in [1.82, 2.24) is 10.3 Å². The lowest BCUT2D eigenvalue weighted by molar-refractivity contribution is -0.117. The smallest absolute Gasteiger partial charge is 0.253 e. The van der Waals surface area contributed by atoms with E-state index in [9.17, 15) is 4.79 Å². The summed E-state index contributed by atoms with van der Waals surface area (Å²) < 4.78 is 10.2. The van der Waals surface area contributed by atoms with Gasteiger partial charge in [0.2, 0.25) is 0 Å². The average molecular weight is 252 g/mol. The van der Waals surface area contributed by atoms with E-state index in [1.54, 1.807) is 6.07 Å². The van der Waals surface area contributed by atoms with Gasteiger partial charge < -0.3 is 14.8 Å². The summed E-state index contributed by atoms with van der Waals surface area (Å²) in [5.41, 5.74) is 2.17. The molecule has 0 aliphatic carbocycles. The molecule has 1 aromatic rings. The third kappa shape index (κ3) is 3.51. The fourth-order valence-electron chi connectivity index (χ4n) is 1.78. The lowest BCUT2D eigenvalue weighted by Crippen LogP contribution is -2.43. The molecular formula is C13H20N2O3. The second kappa shape index (κ2) is 6.47. The minimum atomic E-state index is -0.465. The van der Waals surface area contributed by atoms with Crippen LogP contribution >= 0.6 is 0 Å². The normalized spacial score (nSPS) is 12.6. The molecule has 1 rings (SSSR count). The molecule has 0 saturated carbocycles. The first-order valence-corrected chi connectivity index (χ1v) is 5.80. The van der Waals surface area contributed by atoms with Crippen molar-refractivity contribution in [3.8, 4) is 0 Å². The Morgan fingerprint density at radius 2 is 1.89 bits per heavy atom. The number of carbonyl (C=O) groups is 1. The molecule has 5 nitrogen and oxygen atoms in total. The summed E-state index contributed by atoms with van der Waals surface area (Å²) in [6.45, 7) is 5.53. The zero-order chi connectivity index (χ0) is 13.7. The maximum Gasteiger partial charge on any atom is 0.253 e. The lowest BCUT2D eigenvalue weighted by Gasteiger charge is -2.22. The number of rotatable bonds is 5. The topological polar surface area (TPSA) is 60.5 Å². The molecule has 0 aliphatic heterocycles. The zero-order valence-electron chi connectivity index (χ0n) is 11.5. The van der Waals surface area contributed by atoms with Gasteiger partial charge >= 0.3 is 0 Å². The van der Waals surface area contributed by atoms with Crippen molar-refractivity contribution in [2.24, 2.45) is 0 Å². The predicted octanol–water partition coefficient (Wildman–Crippen LogP) is 1.44. The van der Waals surface area contributed by atoms with Crippen molar-refractivity contribution in [2.75, 3.05) is 14.2 Å². The molecule has 0 radical (unpaired) electrons. The Hall–Kier alpha value is -1.46. The van der Waals surface area contributed by atoms with Crippen LogP contribution in [-0.2, 0) is 9.47 Å². The first-order chi connectivity index (χ1) is 8.49. The van der Waals surface area contributed by atoms with Crippen LogP contribution in [-0.4, -0.2) is 37.4 Å². The van der Waals surface area contributed by atoms with E-state index < -0.39 is 6.29 Å². The van der Waals surface area contributed by atoms with Crippen LogP contribution in [0.15, 0.2) is 12.1 Å². The van der Waals surface area contributed by atoms with E-state index in [0.717, 1.165) is 5.69 Å². The molecule has 0 spiro atoms. The Morgan fingerprint density at radius 1 is 1.28 bits per heavy atom. The van der Waals surface area contributed by atoms with Gasteiger partial charge in [-0.1, -0.05) is 0 Å². The number of carbonyl (C=O) groups excluding carboxylic acids is 1. The largest absolute Gasteiger partial charge is 0.354 e. The molecule has 1 unspecified atom stereocenters. The van der Waals surface area contributed by atoms with Crippen molar-refractivity contribution >= 4 is 5.91 Å². The highest BCUT2D eigenvalue weighted by molar-refractivity contribution is 5.95. The van der Waals surface area contributed by atoms with E-state index in [2.05, 4.69) is 10.3 Å². The van der Waals surface area contributed by atoms with Gasteiger partial charge in [-0.05, 0) is 32.9 Å². The highest BCUT2D eigenvalue weighted by Gasteiger charge is 2.19. The number of ether oxygens (including phenoxy) is 2. The monoisotopic (exact) mass is 252 g/mol. The highest BCUT2D eigenvalue weighted by Crippen LogP contribution is 2.08. The van der Waals surface area contributed by atoms with Crippen molar-refractivity contribution in [1.29, 1.82) is 0 Å². The molecule has 0 aliphatic rings. The quantitative estimate of drug-likeness (QED) is 0.805. The van der Waals surface area contributed by atoms with E-state index in [1.807, 2.05) is 26.8 Å². The second-order valence-electron chi connectivity index (χ2n) is 4.19. The number of hydrogen-bond acceptors (Lipinski definition) is 4. The molecule has 1 amide bonds. The number of nitrogens with zero attached hydrogens (tertiary/aromatic N) is 1. The van der Waals surface area contributed by atoms with Crippen LogP contribution in [0.3, 0.4) is 0 Å². The Labute approximate surface area is 108 Å². The minimum absolute atomic E-state index is 0.174. The van der Waals surface area contributed by atoms with Crippen LogP contribution < -0.4 is 5.32 Å². The third-order valence-corrected chi connectivity index (χ3v) is 2.70. The Bertz CT molecular complexity index is 417. The van der Waals surface area contributed by atoms with Crippen LogP contribution in [0.4, 0.5) is 0 Å². The maximum absolute atomic E-state index is 12.1. The van der Waals surface area contributed by atoms with Crippen LogP contribution in [0, 0.1) is 13.8 Å². The number of pyridine rings is 1. The Kier molecular flexibility index (Phi) is 5.25. The van der Waals surface area contributed by atoms with Crippen molar-refractivity contribution in [2.45, 2.75) is 33.1 Å². The zero-order valence-corrected chi connectivity index (χ0v) is 11.5. The summed E-state index contributed by atoms with van der Waals surface area (Å²) in [5.74, 6) is -0.174. The van der Waals surface area contributed by atoms with E-state index in [1.165, 1.54) is 14.2 Å². The number of aryl methyl sites for hydroxylation is 2. The predicted molar refractivity (Wildman–Crippen MR) is 68.4 cm³/mol. The molecule has 0 saturated heterocycles.